The molecule has 2 nitrogen and oxygen atoms in total. The monoisotopic (exact) mass is 472 g/mol. The summed E-state index contributed by atoms with van der Waals surface area (Å²) in [5.41, 5.74) is 4.26. The smallest absolute Gasteiger partial charge is 0.314 e. The fraction of sp³-hybridized carbons (Fsp3) is 0.206. The average Bonchev–Trinajstić information content (AvgIpc) is 2.91. The van der Waals surface area contributed by atoms with Gasteiger partial charge in [-0.15, -0.1) is 0 Å². The van der Waals surface area contributed by atoms with Gasteiger partial charge < -0.3 is 4.74 Å². The molecule has 0 aromatic heterocycles. The van der Waals surface area contributed by atoms with Gasteiger partial charge in [-0.3, -0.25) is 4.79 Å². The van der Waals surface area contributed by atoms with Crippen LogP contribution in [0.15, 0.2) is 109 Å². The van der Waals surface area contributed by atoms with Crippen molar-refractivity contribution in [1.82, 2.24) is 0 Å². The number of hydrogen-bond acceptors (Lipinski definition) is 2. The highest BCUT2D eigenvalue weighted by molar-refractivity contribution is 5.90. The molecule has 36 heavy (non-hydrogen) atoms. The van der Waals surface area contributed by atoms with Crippen molar-refractivity contribution in [2.75, 3.05) is 0 Å². The summed E-state index contributed by atoms with van der Waals surface area (Å²) in [6.07, 6.45) is 0.515. The maximum atomic E-state index is 13.6. The second-order valence-corrected chi connectivity index (χ2v) is 10.0. The first-order valence-corrected chi connectivity index (χ1v) is 12.8. The van der Waals surface area contributed by atoms with Crippen molar-refractivity contribution in [3.8, 4) is 0 Å². The molecule has 0 bridgehead atoms. The fourth-order valence-corrected chi connectivity index (χ4v) is 5.02. The van der Waals surface area contributed by atoms with Gasteiger partial charge in [0.2, 0.25) is 0 Å². The molecule has 180 valence electrons. The van der Waals surface area contributed by atoms with Crippen molar-refractivity contribution in [3.63, 3.8) is 0 Å². The van der Waals surface area contributed by atoms with Crippen LogP contribution in [0, 0.1) is 5.92 Å². The van der Waals surface area contributed by atoms with Crippen molar-refractivity contribution >= 4 is 27.5 Å². The van der Waals surface area contributed by atoms with Crippen molar-refractivity contribution < 1.29 is 9.53 Å². The van der Waals surface area contributed by atoms with E-state index in [2.05, 4.69) is 86.6 Å². The quantitative estimate of drug-likeness (QED) is 0.222. The molecular weight excluding hydrogens is 440 g/mol. The Morgan fingerprint density at radius 3 is 1.67 bits per heavy atom. The molecule has 5 rings (SSSR count). The van der Waals surface area contributed by atoms with Crippen LogP contribution in [0.2, 0.25) is 0 Å². The molecule has 0 amide bonds. The number of benzene rings is 5. The zero-order chi connectivity index (χ0) is 25.1. The van der Waals surface area contributed by atoms with Crippen molar-refractivity contribution in [2.45, 2.75) is 39.2 Å². The van der Waals surface area contributed by atoms with Gasteiger partial charge in [0.15, 0.2) is 6.10 Å². The minimum absolute atomic E-state index is 0.225. The van der Waals surface area contributed by atoms with Crippen LogP contribution < -0.4 is 0 Å². The Balaban J connectivity index is 1.54. The predicted octanol–water partition coefficient (Wildman–Crippen LogP) is 8.63. The Hall–Kier alpha value is -3.91. The molecule has 0 saturated carbocycles. The van der Waals surface area contributed by atoms with E-state index in [1.54, 1.807) is 0 Å². The van der Waals surface area contributed by atoms with Gasteiger partial charge in [0, 0.05) is 11.1 Å². The van der Waals surface area contributed by atoms with E-state index in [0.717, 1.165) is 44.7 Å². The third-order valence-corrected chi connectivity index (χ3v) is 6.92. The lowest BCUT2D eigenvalue weighted by Crippen LogP contribution is -2.18. The SMILES string of the molecule is CC(C)Cc1ccc([C@H](C)C(=O)OC(c2cccc3ccccc23)c2cccc3ccccc23)cc1. The van der Waals surface area contributed by atoms with E-state index >= 15 is 0 Å². The number of fused-ring (bicyclic) bond motifs is 2. The summed E-state index contributed by atoms with van der Waals surface area (Å²) in [5, 5.41) is 4.45. The standard InChI is InChI=1S/C34H32O2/c1-23(2)22-25-18-20-26(21-19-25)24(3)34(35)36-33(31-16-8-12-27-10-4-6-14-29(27)31)32-17-9-13-28-11-5-7-15-30(28)32/h4-21,23-24,33H,22H2,1-3H3/t24-/m0/s1. The molecule has 2 heteroatoms. The molecular formula is C34H32O2. The summed E-state index contributed by atoms with van der Waals surface area (Å²) in [6.45, 7) is 6.37. The first-order chi connectivity index (χ1) is 17.5. The molecule has 1 atom stereocenters. The lowest BCUT2D eigenvalue weighted by molar-refractivity contribution is -0.148. The van der Waals surface area contributed by atoms with E-state index in [4.69, 9.17) is 4.74 Å². The van der Waals surface area contributed by atoms with Gasteiger partial charge in [-0.05, 0) is 51.9 Å². The number of carbonyl (C=O) groups is 1. The summed E-state index contributed by atoms with van der Waals surface area (Å²) < 4.78 is 6.41. The molecule has 0 aliphatic rings. The van der Waals surface area contributed by atoms with Crippen molar-refractivity contribution in [3.05, 3.63) is 131 Å². The van der Waals surface area contributed by atoms with Crippen molar-refractivity contribution in [1.29, 1.82) is 0 Å². The molecule has 0 heterocycles. The maximum absolute atomic E-state index is 13.6. The van der Waals surface area contributed by atoms with Gasteiger partial charge >= 0.3 is 5.97 Å². The number of ether oxygens (including phenoxy) is 1. The van der Waals surface area contributed by atoms with E-state index < -0.39 is 6.10 Å². The molecule has 5 aromatic carbocycles. The second kappa shape index (κ2) is 10.4. The number of rotatable bonds is 7. The largest absolute Gasteiger partial charge is 0.452 e. The van der Waals surface area contributed by atoms with E-state index in [1.165, 1.54) is 5.56 Å². The van der Waals surface area contributed by atoms with E-state index in [1.807, 2.05) is 43.3 Å². The van der Waals surface area contributed by atoms with Gasteiger partial charge in [0.1, 0.15) is 0 Å². The van der Waals surface area contributed by atoms with Crippen LogP contribution in [0.1, 0.15) is 55.0 Å². The van der Waals surface area contributed by atoms with Gasteiger partial charge in [-0.2, -0.15) is 0 Å². The fourth-order valence-electron chi connectivity index (χ4n) is 5.02. The Bertz CT molecular complexity index is 1410. The molecule has 0 aliphatic carbocycles. The zero-order valence-corrected chi connectivity index (χ0v) is 21.1. The molecule has 0 spiro atoms. The van der Waals surface area contributed by atoms with Crippen LogP contribution in [0.4, 0.5) is 0 Å². The second-order valence-electron chi connectivity index (χ2n) is 10.0. The molecule has 0 N–H and O–H groups in total. The minimum atomic E-state index is -0.516. The molecule has 0 radical (unpaired) electrons. The molecule has 0 fully saturated rings. The van der Waals surface area contributed by atoms with Crippen LogP contribution in [0.3, 0.4) is 0 Å². The summed E-state index contributed by atoms with van der Waals surface area (Å²) in [7, 11) is 0. The number of esters is 1. The van der Waals surface area contributed by atoms with Crippen molar-refractivity contribution in [2.24, 2.45) is 5.92 Å². The Morgan fingerprint density at radius 1 is 0.639 bits per heavy atom. The molecule has 0 unspecified atom stereocenters. The normalized spacial score (nSPS) is 12.4. The Morgan fingerprint density at radius 2 is 1.14 bits per heavy atom. The van der Waals surface area contributed by atoms with E-state index in [0.29, 0.717) is 5.92 Å². The number of hydrogen-bond donors (Lipinski definition) is 0. The van der Waals surface area contributed by atoms with Gasteiger partial charge in [-0.1, -0.05) is 123 Å². The van der Waals surface area contributed by atoms with E-state index in [9.17, 15) is 4.79 Å². The molecule has 0 saturated heterocycles. The maximum Gasteiger partial charge on any atom is 0.314 e. The van der Waals surface area contributed by atoms with Crippen LogP contribution in [0.5, 0.6) is 0 Å². The third kappa shape index (κ3) is 4.90. The Labute approximate surface area is 213 Å². The van der Waals surface area contributed by atoms with Crippen LogP contribution in [-0.2, 0) is 16.0 Å². The topological polar surface area (TPSA) is 26.3 Å². The summed E-state index contributed by atoms with van der Waals surface area (Å²) in [6, 6.07) is 37.4. The minimum Gasteiger partial charge on any atom is -0.452 e. The summed E-state index contributed by atoms with van der Waals surface area (Å²) in [4.78, 5) is 13.6. The third-order valence-electron chi connectivity index (χ3n) is 6.92. The van der Waals surface area contributed by atoms with Crippen LogP contribution in [-0.4, -0.2) is 5.97 Å². The van der Waals surface area contributed by atoms with Crippen LogP contribution >= 0.6 is 0 Å². The highest BCUT2D eigenvalue weighted by atomic mass is 16.5. The first-order valence-electron chi connectivity index (χ1n) is 12.8. The highest BCUT2D eigenvalue weighted by Gasteiger charge is 2.26. The predicted molar refractivity (Wildman–Crippen MR) is 149 cm³/mol. The Kier molecular flexibility index (Phi) is 6.86. The number of carbonyl (C=O) groups excluding carboxylic acids is 1. The lowest BCUT2D eigenvalue weighted by atomic mass is 9.92. The van der Waals surface area contributed by atoms with Gasteiger partial charge in [0.25, 0.3) is 0 Å². The average molecular weight is 473 g/mol. The van der Waals surface area contributed by atoms with Gasteiger partial charge in [0.05, 0.1) is 5.92 Å². The summed E-state index contributed by atoms with van der Waals surface area (Å²) >= 11 is 0. The lowest BCUT2D eigenvalue weighted by Gasteiger charge is -2.24. The summed E-state index contributed by atoms with van der Waals surface area (Å²) in [5.74, 6) is 0.00317. The molecule has 5 aromatic rings. The highest BCUT2D eigenvalue weighted by Crippen LogP contribution is 2.37. The molecule has 0 aliphatic heterocycles. The van der Waals surface area contributed by atoms with Crippen LogP contribution in [0.25, 0.3) is 21.5 Å². The first kappa shape index (κ1) is 23.8. The zero-order valence-electron chi connectivity index (χ0n) is 21.1. The van der Waals surface area contributed by atoms with E-state index in [-0.39, 0.29) is 11.9 Å². The van der Waals surface area contributed by atoms with Gasteiger partial charge in [-0.25, -0.2) is 0 Å².